The minimum Gasteiger partial charge on any atom is -0.357 e. The molecule has 0 unspecified atom stereocenters. The number of carbonyl (C=O) groups is 1. The quantitative estimate of drug-likeness (QED) is 0.370. The largest absolute Gasteiger partial charge is 0.357 e. The van der Waals surface area contributed by atoms with Gasteiger partial charge in [0, 0.05) is 18.8 Å². The molecule has 0 aliphatic carbocycles. The Morgan fingerprint density at radius 3 is 2.59 bits per heavy atom. The summed E-state index contributed by atoms with van der Waals surface area (Å²) in [5, 5.41) is 9.13. The van der Waals surface area contributed by atoms with Crippen molar-refractivity contribution in [3.63, 3.8) is 0 Å². The molecule has 150 valence electrons. The third-order valence-electron chi connectivity index (χ3n) is 4.67. The second-order valence-electron chi connectivity index (χ2n) is 7.05. The number of amides is 1. The number of hydrogen-bond acceptors (Lipinski definition) is 3. The summed E-state index contributed by atoms with van der Waals surface area (Å²) >= 11 is 0. The molecule has 0 atom stereocenters. The molecule has 7 heteroatoms. The first kappa shape index (κ1) is 21.2. The van der Waals surface area contributed by atoms with Gasteiger partial charge in [-0.1, -0.05) is 6.92 Å². The highest BCUT2D eigenvalue weighted by atomic mass is 19.1. The molecule has 1 heterocycles. The molecule has 1 aromatic rings. The number of benzene rings is 1. The molecule has 2 rings (SSSR count). The zero-order valence-corrected chi connectivity index (χ0v) is 16.4. The third kappa shape index (κ3) is 8.39. The fourth-order valence-corrected chi connectivity index (χ4v) is 3.02. The molecular formula is C20H32FN5O. The number of rotatable bonds is 8. The molecule has 6 nitrogen and oxygen atoms in total. The Labute approximate surface area is 161 Å². The molecule has 0 bridgehead atoms. The van der Waals surface area contributed by atoms with E-state index in [1.54, 1.807) is 0 Å². The van der Waals surface area contributed by atoms with Crippen LogP contribution in [0.2, 0.25) is 0 Å². The summed E-state index contributed by atoms with van der Waals surface area (Å²) in [6.45, 7) is 9.35. The van der Waals surface area contributed by atoms with Gasteiger partial charge in [-0.15, -0.1) is 0 Å². The van der Waals surface area contributed by atoms with Gasteiger partial charge in [0.05, 0.1) is 0 Å². The van der Waals surface area contributed by atoms with Crippen molar-refractivity contribution < 1.29 is 9.18 Å². The molecule has 1 aliphatic heterocycles. The van der Waals surface area contributed by atoms with E-state index in [2.05, 4.69) is 32.8 Å². The van der Waals surface area contributed by atoms with Gasteiger partial charge in [-0.05, 0) is 76.0 Å². The number of carbonyl (C=O) groups excluding carboxylic acids is 1. The topological polar surface area (TPSA) is 68.8 Å². The Balaban J connectivity index is 1.69. The van der Waals surface area contributed by atoms with E-state index in [0.717, 1.165) is 32.0 Å². The monoisotopic (exact) mass is 377 g/mol. The van der Waals surface area contributed by atoms with Crippen LogP contribution in [0.1, 0.15) is 33.1 Å². The summed E-state index contributed by atoms with van der Waals surface area (Å²) in [7, 11) is 0. The highest BCUT2D eigenvalue weighted by molar-refractivity contribution is 5.94. The van der Waals surface area contributed by atoms with E-state index in [1.807, 2.05) is 6.92 Å². The Bertz CT molecular complexity index is 597. The van der Waals surface area contributed by atoms with Gasteiger partial charge in [0.25, 0.3) is 0 Å². The first-order chi connectivity index (χ1) is 13.1. The number of anilines is 1. The van der Waals surface area contributed by atoms with Crippen molar-refractivity contribution in [2.75, 3.05) is 44.6 Å². The molecule has 1 aliphatic rings. The fraction of sp³-hybridized carbons (Fsp3) is 0.600. The van der Waals surface area contributed by atoms with Crippen molar-refractivity contribution in [3.8, 4) is 0 Å². The number of halogens is 1. The van der Waals surface area contributed by atoms with E-state index < -0.39 is 0 Å². The highest BCUT2D eigenvalue weighted by Crippen LogP contribution is 2.15. The molecule has 0 radical (unpaired) electrons. The van der Waals surface area contributed by atoms with E-state index in [-0.39, 0.29) is 18.3 Å². The van der Waals surface area contributed by atoms with E-state index in [4.69, 9.17) is 0 Å². The van der Waals surface area contributed by atoms with Gasteiger partial charge in [0.1, 0.15) is 12.4 Å². The van der Waals surface area contributed by atoms with Gasteiger partial charge in [0.15, 0.2) is 5.96 Å². The summed E-state index contributed by atoms with van der Waals surface area (Å²) < 4.78 is 12.9. The number of aliphatic imine (C=N–C) groups is 1. The van der Waals surface area contributed by atoms with Crippen molar-refractivity contribution in [3.05, 3.63) is 30.1 Å². The van der Waals surface area contributed by atoms with Crippen molar-refractivity contribution in [1.29, 1.82) is 0 Å². The van der Waals surface area contributed by atoms with E-state index >= 15 is 0 Å². The normalized spacial score (nSPS) is 16.2. The first-order valence-corrected chi connectivity index (χ1v) is 9.86. The van der Waals surface area contributed by atoms with Crippen molar-refractivity contribution >= 4 is 17.6 Å². The maximum Gasteiger partial charge on any atom is 0.246 e. The highest BCUT2D eigenvalue weighted by Gasteiger charge is 2.14. The van der Waals surface area contributed by atoms with Crippen LogP contribution in [0.25, 0.3) is 0 Å². The minimum atomic E-state index is -0.330. The van der Waals surface area contributed by atoms with Crippen LogP contribution >= 0.6 is 0 Å². The zero-order valence-electron chi connectivity index (χ0n) is 16.4. The van der Waals surface area contributed by atoms with E-state index in [1.165, 1.54) is 50.2 Å². The third-order valence-corrected chi connectivity index (χ3v) is 4.67. The van der Waals surface area contributed by atoms with Crippen molar-refractivity contribution in [1.82, 2.24) is 15.5 Å². The van der Waals surface area contributed by atoms with E-state index in [9.17, 15) is 9.18 Å². The predicted octanol–water partition coefficient (Wildman–Crippen LogP) is 2.44. The maximum absolute atomic E-state index is 12.9. The minimum absolute atomic E-state index is 0.0106. The number of likely N-dealkylation sites (tertiary alicyclic amines) is 1. The number of piperidine rings is 1. The first-order valence-electron chi connectivity index (χ1n) is 9.86. The van der Waals surface area contributed by atoms with E-state index in [0.29, 0.717) is 11.6 Å². The maximum atomic E-state index is 12.9. The number of nitrogens with zero attached hydrogens (tertiary/aromatic N) is 2. The molecule has 3 N–H and O–H groups in total. The molecule has 1 aromatic carbocycles. The average Bonchev–Trinajstić information content (AvgIpc) is 2.66. The van der Waals surface area contributed by atoms with Gasteiger partial charge in [0.2, 0.25) is 5.91 Å². The van der Waals surface area contributed by atoms with Crippen LogP contribution < -0.4 is 16.0 Å². The second kappa shape index (κ2) is 11.5. The lowest BCUT2D eigenvalue weighted by Crippen LogP contribution is -2.40. The summed E-state index contributed by atoms with van der Waals surface area (Å²) in [6.07, 6.45) is 3.63. The van der Waals surface area contributed by atoms with Crippen LogP contribution in [-0.2, 0) is 4.79 Å². The van der Waals surface area contributed by atoms with Gasteiger partial charge in [-0.2, -0.15) is 0 Å². The second-order valence-corrected chi connectivity index (χ2v) is 7.05. The van der Waals surface area contributed by atoms with Crippen LogP contribution in [0.5, 0.6) is 0 Å². The van der Waals surface area contributed by atoms with Crippen LogP contribution in [0, 0.1) is 11.7 Å². The summed E-state index contributed by atoms with van der Waals surface area (Å²) in [6, 6.07) is 5.69. The van der Waals surface area contributed by atoms with Crippen LogP contribution in [-0.4, -0.2) is 56.0 Å². The Morgan fingerprint density at radius 1 is 1.22 bits per heavy atom. The molecule has 1 fully saturated rings. The molecule has 0 aromatic heterocycles. The molecule has 0 spiro atoms. The Morgan fingerprint density at radius 2 is 1.93 bits per heavy atom. The van der Waals surface area contributed by atoms with Gasteiger partial charge in [-0.25, -0.2) is 9.38 Å². The van der Waals surface area contributed by atoms with Crippen LogP contribution in [0.15, 0.2) is 29.3 Å². The number of nitrogens with one attached hydrogen (secondary N) is 3. The summed E-state index contributed by atoms with van der Waals surface area (Å²) in [5.41, 5.74) is 0.561. The molecular weight excluding hydrogens is 345 g/mol. The fourth-order valence-electron chi connectivity index (χ4n) is 3.02. The van der Waals surface area contributed by atoms with Crippen molar-refractivity contribution in [2.45, 2.75) is 33.1 Å². The molecule has 1 saturated heterocycles. The van der Waals surface area contributed by atoms with Crippen molar-refractivity contribution in [2.24, 2.45) is 10.9 Å². The molecule has 1 amide bonds. The van der Waals surface area contributed by atoms with Gasteiger partial charge < -0.3 is 20.9 Å². The lowest BCUT2D eigenvalue weighted by molar-refractivity contribution is -0.114. The van der Waals surface area contributed by atoms with Gasteiger partial charge in [-0.3, -0.25) is 4.79 Å². The average molecular weight is 378 g/mol. The Kier molecular flexibility index (Phi) is 9.04. The molecule has 0 saturated carbocycles. The Hall–Kier alpha value is -2.15. The SMILES string of the molecule is CCNC(=NCC(=O)Nc1ccc(F)cc1)NCCCN1CCC(C)CC1. The lowest BCUT2D eigenvalue weighted by Gasteiger charge is -2.30. The van der Waals surface area contributed by atoms with Crippen LogP contribution in [0.3, 0.4) is 0 Å². The molecule has 27 heavy (non-hydrogen) atoms. The predicted molar refractivity (Wildman–Crippen MR) is 108 cm³/mol. The number of guanidine groups is 1. The summed E-state index contributed by atoms with van der Waals surface area (Å²) in [5.74, 6) is 0.928. The summed E-state index contributed by atoms with van der Waals surface area (Å²) in [4.78, 5) is 18.8. The smallest absolute Gasteiger partial charge is 0.246 e. The van der Waals surface area contributed by atoms with Gasteiger partial charge >= 0.3 is 0 Å². The lowest BCUT2D eigenvalue weighted by atomic mass is 9.99. The van der Waals surface area contributed by atoms with Crippen LogP contribution in [0.4, 0.5) is 10.1 Å². The number of hydrogen-bond donors (Lipinski definition) is 3. The zero-order chi connectivity index (χ0) is 19.5. The standard InChI is InChI=1S/C20H32FN5O/c1-3-22-20(23-11-4-12-26-13-9-16(2)10-14-26)24-15-19(27)25-18-7-5-17(21)6-8-18/h5-8,16H,3-4,9-15H2,1-2H3,(H,25,27)(H2,22,23,24).